The summed E-state index contributed by atoms with van der Waals surface area (Å²) in [6.07, 6.45) is 3.19. The van der Waals surface area contributed by atoms with E-state index < -0.39 is 17.9 Å². The number of halogens is 2. The van der Waals surface area contributed by atoms with E-state index >= 15 is 0 Å². The summed E-state index contributed by atoms with van der Waals surface area (Å²) in [6.45, 7) is 5.60. The number of carbonyl (C=O) groups is 2. The minimum Gasteiger partial charge on any atom is -0.493 e. The Morgan fingerprint density at radius 2 is 1.80 bits per heavy atom. The van der Waals surface area contributed by atoms with E-state index in [1.165, 1.54) is 18.5 Å². The number of nitrogens with two attached hydrogens (primary N) is 2. The van der Waals surface area contributed by atoms with Gasteiger partial charge in [0.1, 0.15) is 37.6 Å². The molecule has 0 radical (unpaired) electrons. The quantitative estimate of drug-likeness (QED) is 0.0815. The second-order valence-electron chi connectivity index (χ2n) is 12.2. The zero-order valence-electron chi connectivity index (χ0n) is 27.9. The van der Waals surface area contributed by atoms with E-state index in [9.17, 15) is 14.0 Å². The average molecular weight is 710 g/mol. The number of benzene rings is 3. The van der Waals surface area contributed by atoms with Gasteiger partial charge in [0.25, 0.3) is 0 Å². The first-order valence-corrected chi connectivity index (χ1v) is 16.8. The molecule has 3 aromatic carbocycles. The summed E-state index contributed by atoms with van der Waals surface area (Å²) < 4.78 is 32.2. The summed E-state index contributed by atoms with van der Waals surface area (Å²) in [6, 6.07) is 14.5. The SMILES string of the molecule is COc1cc2ncnc(Nc3ccc(F)c(Cl)c3)c2cc1OCCC[N+]1(Cc2ccc(NC(=O)[C@@H](N)CCCNC(N)=O)cc2)CCOCC1. The Hall–Kier alpha value is -4.76. The van der Waals surface area contributed by atoms with Gasteiger partial charge in [0.2, 0.25) is 5.91 Å². The molecule has 1 aliphatic heterocycles. The van der Waals surface area contributed by atoms with Gasteiger partial charge < -0.3 is 46.1 Å². The van der Waals surface area contributed by atoms with Crippen LogP contribution in [0, 0.1) is 5.82 Å². The number of primary amides is 1. The van der Waals surface area contributed by atoms with Crippen LogP contribution in [-0.2, 0) is 16.1 Å². The Labute approximate surface area is 295 Å². The molecule has 1 fully saturated rings. The molecule has 1 aromatic heterocycles. The first-order chi connectivity index (χ1) is 24.1. The molecule has 0 aliphatic carbocycles. The lowest BCUT2D eigenvalue weighted by Crippen LogP contribution is -2.55. The number of hydrogen-bond donors (Lipinski definition) is 5. The second kappa shape index (κ2) is 17.3. The molecule has 13 nitrogen and oxygen atoms in total. The number of morpholine rings is 1. The summed E-state index contributed by atoms with van der Waals surface area (Å²) >= 11 is 5.98. The molecule has 0 spiro atoms. The van der Waals surface area contributed by atoms with E-state index in [1.54, 1.807) is 19.2 Å². The van der Waals surface area contributed by atoms with Crippen LogP contribution in [-0.4, -0.2) is 85.5 Å². The Bertz CT molecular complexity index is 1770. The van der Waals surface area contributed by atoms with Gasteiger partial charge in [-0.25, -0.2) is 19.2 Å². The molecule has 3 amide bonds. The molecule has 1 atom stereocenters. The highest BCUT2D eigenvalue weighted by Crippen LogP contribution is 2.35. The Kier molecular flexibility index (Phi) is 12.6. The van der Waals surface area contributed by atoms with Crippen molar-refractivity contribution in [3.63, 3.8) is 0 Å². The van der Waals surface area contributed by atoms with Crippen molar-refractivity contribution >= 4 is 51.6 Å². The fraction of sp³-hybridized carbons (Fsp3) is 0.371. The number of carbonyl (C=O) groups excluding carboxylic acids is 2. The standard InChI is InChI=1S/C35H42ClFN8O5/c1-48-31-20-30-26(33(42-22-41-30)43-25-9-10-28(37)27(36)18-25)19-32(31)50-15-3-12-45(13-16-49-17-14-45)21-23-5-7-24(8-6-23)44-34(46)29(38)4-2-11-40-35(39)47/h5-10,18-20,22,29H,2-4,11-17,21,38H2,1H3,(H4-,39,40,41,42,43,44,46,47)/p+1/t29-/m0/s1. The van der Waals surface area contributed by atoms with Crippen LogP contribution in [0.25, 0.3) is 10.9 Å². The minimum absolute atomic E-state index is 0.00594. The van der Waals surface area contributed by atoms with Crippen molar-refractivity contribution in [2.45, 2.75) is 31.8 Å². The topological polar surface area (TPSA) is 176 Å². The third kappa shape index (κ3) is 9.91. The number of aromatic nitrogens is 2. The van der Waals surface area contributed by atoms with Crippen molar-refractivity contribution in [2.75, 3.05) is 63.7 Å². The number of fused-ring (bicyclic) bond motifs is 1. The smallest absolute Gasteiger partial charge is 0.312 e. The molecule has 15 heteroatoms. The highest BCUT2D eigenvalue weighted by molar-refractivity contribution is 6.31. The summed E-state index contributed by atoms with van der Waals surface area (Å²) in [5.74, 6) is 0.844. The normalized spacial score (nSPS) is 14.5. The predicted octanol–water partition coefficient (Wildman–Crippen LogP) is 4.70. The minimum atomic E-state index is -0.698. The summed E-state index contributed by atoms with van der Waals surface area (Å²) in [5, 5.41) is 9.27. The molecule has 1 aliphatic rings. The molecule has 0 saturated carbocycles. The lowest BCUT2D eigenvalue weighted by Gasteiger charge is -2.41. The number of nitrogens with zero attached hydrogens (tertiary/aromatic N) is 3. The second-order valence-corrected chi connectivity index (χ2v) is 12.6. The van der Waals surface area contributed by atoms with E-state index in [4.69, 9.17) is 37.3 Å². The number of amides is 3. The van der Waals surface area contributed by atoms with Crippen LogP contribution < -0.4 is 36.9 Å². The highest BCUT2D eigenvalue weighted by Gasteiger charge is 2.30. The predicted molar refractivity (Wildman–Crippen MR) is 190 cm³/mol. The van der Waals surface area contributed by atoms with Crippen molar-refractivity contribution in [3.05, 3.63) is 77.3 Å². The summed E-state index contributed by atoms with van der Waals surface area (Å²) in [7, 11) is 1.58. The average Bonchev–Trinajstić information content (AvgIpc) is 3.11. The Morgan fingerprint density at radius 3 is 2.52 bits per heavy atom. The van der Waals surface area contributed by atoms with Crippen molar-refractivity contribution in [1.29, 1.82) is 0 Å². The molecule has 5 rings (SSSR count). The number of hydrogen-bond acceptors (Lipinski definition) is 9. The lowest BCUT2D eigenvalue weighted by molar-refractivity contribution is -0.947. The van der Waals surface area contributed by atoms with Crippen LogP contribution in [0.4, 0.5) is 26.4 Å². The van der Waals surface area contributed by atoms with E-state index in [1.807, 2.05) is 30.3 Å². The maximum absolute atomic E-state index is 13.7. The number of methoxy groups -OCH3 is 1. The van der Waals surface area contributed by atoms with Gasteiger partial charge in [-0.2, -0.15) is 0 Å². The van der Waals surface area contributed by atoms with E-state index in [2.05, 4.69) is 25.9 Å². The molecule has 4 aromatic rings. The van der Waals surface area contributed by atoms with Gasteiger partial charge in [0.15, 0.2) is 11.5 Å². The van der Waals surface area contributed by atoms with Gasteiger partial charge >= 0.3 is 6.03 Å². The van der Waals surface area contributed by atoms with Gasteiger partial charge in [-0.05, 0) is 49.2 Å². The van der Waals surface area contributed by atoms with Crippen molar-refractivity contribution in [3.8, 4) is 11.5 Å². The van der Waals surface area contributed by atoms with Crippen LogP contribution in [0.2, 0.25) is 5.02 Å². The van der Waals surface area contributed by atoms with Crippen molar-refractivity contribution in [1.82, 2.24) is 15.3 Å². The van der Waals surface area contributed by atoms with Crippen molar-refractivity contribution in [2.24, 2.45) is 11.5 Å². The number of quaternary nitrogens is 1. The number of urea groups is 1. The molecule has 2 heterocycles. The lowest BCUT2D eigenvalue weighted by atomic mass is 10.1. The van der Waals surface area contributed by atoms with Gasteiger partial charge in [-0.3, -0.25) is 4.79 Å². The van der Waals surface area contributed by atoms with Crippen LogP contribution >= 0.6 is 11.6 Å². The molecular weight excluding hydrogens is 667 g/mol. The molecule has 0 unspecified atom stereocenters. The van der Waals surface area contributed by atoms with Gasteiger partial charge in [0, 0.05) is 41.4 Å². The van der Waals surface area contributed by atoms with Gasteiger partial charge in [-0.15, -0.1) is 0 Å². The highest BCUT2D eigenvalue weighted by atomic mass is 35.5. The number of ether oxygens (including phenoxy) is 3. The van der Waals surface area contributed by atoms with Gasteiger partial charge in [-0.1, -0.05) is 23.7 Å². The number of nitrogens with one attached hydrogen (secondary N) is 3. The third-order valence-corrected chi connectivity index (χ3v) is 8.91. The van der Waals surface area contributed by atoms with Crippen molar-refractivity contribution < 1.29 is 32.7 Å². The maximum Gasteiger partial charge on any atom is 0.312 e. The molecule has 7 N–H and O–H groups in total. The monoisotopic (exact) mass is 709 g/mol. The third-order valence-electron chi connectivity index (χ3n) is 8.62. The van der Waals surface area contributed by atoms with E-state index in [-0.39, 0.29) is 10.9 Å². The van der Waals surface area contributed by atoms with E-state index in [0.29, 0.717) is 78.8 Å². The Morgan fingerprint density at radius 1 is 1.04 bits per heavy atom. The number of anilines is 3. The zero-order chi connectivity index (χ0) is 35.5. The fourth-order valence-electron chi connectivity index (χ4n) is 5.90. The largest absolute Gasteiger partial charge is 0.493 e. The van der Waals surface area contributed by atoms with Gasteiger partial charge in [0.05, 0.1) is 50.1 Å². The zero-order valence-corrected chi connectivity index (χ0v) is 28.7. The van der Waals surface area contributed by atoms with E-state index in [0.717, 1.165) is 42.6 Å². The maximum atomic E-state index is 13.7. The van der Waals surface area contributed by atoms with Crippen LogP contribution in [0.1, 0.15) is 24.8 Å². The number of rotatable bonds is 16. The summed E-state index contributed by atoms with van der Waals surface area (Å²) in [4.78, 5) is 32.1. The molecule has 50 heavy (non-hydrogen) atoms. The first-order valence-electron chi connectivity index (χ1n) is 16.4. The van der Waals surface area contributed by atoms with Crippen LogP contribution in [0.3, 0.4) is 0 Å². The summed E-state index contributed by atoms with van der Waals surface area (Å²) in [5.41, 5.74) is 14.1. The van der Waals surface area contributed by atoms with Crippen LogP contribution in [0.5, 0.6) is 11.5 Å². The Balaban J connectivity index is 1.19. The molecule has 266 valence electrons. The molecular formula is C35H43ClFN8O5+. The fourth-order valence-corrected chi connectivity index (χ4v) is 6.08. The van der Waals surface area contributed by atoms with Crippen LogP contribution in [0.15, 0.2) is 60.9 Å². The first kappa shape index (κ1) is 36.5. The molecule has 0 bridgehead atoms. The molecule has 1 saturated heterocycles.